The number of hydrogen-bond donors (Lipinski definition) is 2. The van der Waals surface area contributed by atoms with E-state index in [1.807, 2.05) is 6.07 Å². The molecule has 4 aromatic rings. The van der Waals surface area contributed by atoms with Gasteiger partial charge in [-0.05, 0) is 105 Å². The number of anilines is 2. The van der Waals surface area contributed by atoms with Gasteiger partial charge in [0.1, 0.15) is 0 Å². The van der Waals surface area contributed by atoms with Crippen LogP contribution >= 0.6 is 35.6 Å². The Balaban J connectivity index is 0.00000323. The van der Waals surface area contributed by atoms with Crippen LogP contribution < -0.4 is 5.32 Å². The molecule has 2 aliphatic carbocycles. The van der Waals surface area contributed by atoms with Crippen molar-refractivity contribution in [1.82, 2.24) is 9.88 Å². The maximum absolute atomic E-state index is 12.6. The lowest BCUT2D eigenvalue weighted by Crippen LogP contribution is -2.14. The summed E-state index contributed by atoms with van der Waals surface area (Å²) in [4.78, 5) is 19.9. The van der Waals surface area contributed by atoms with E-state index >= 15 is 0 Å². The molecule has 0 bridgehead atoms. The van der Waals surface area contributed by atoms with Crippen molar-refractivity contribution in [2.24, 2.45) is 0 Å². The molecule has 2 saturated carbocycles. The van der Waals surface area contributed by atoms with Gasteiger partial charge in [-0.25, -0.2) is 0 Å². The number of likely N-dealkylation sites (N-methyl/N-ethyl adjacent to an activating group) is 1. The van der Waals surface area contributed by atoms with Gasteiger partial charge in [0.05, 0.1) is 32.5 Å². The fourth-order valence-electron chi connectivity index (χ4n) is 5.35. The Morgan fingerprint density at radius 2 is 1.65 bits per heavy atom. The number of rotatable bonds is 9. The number of pyridine rings is 1. The molecule has 0 atom stereocenters. The number of fused-ring (bicyclic) bond motifs is 1. The number of carbonyl (C=O) groups is 1. The molecule has 0 saturated heterocycles. The molecule has 0 amide bonds. The summed E-state index contributed by atoms with van der Waals surface area (Å²) in [6.45, 7) is 0.987. The van der Waals surface area contributed by atoms with Crippen LogP contribution in [0.1, 0.15) is 64.7 Å². The summed E-state index contributed by atoms with van der Waals surface area (Å²) in [5.74, 6) is 0.547. The Morgan fingerprint density at radius 1 is 1.00 bits per heavy atom. The van der Waals surface area contributed by atoms with E-state index in [0.717, 1.165) is 89.6 Å². The third-order valence-electron chi connectivity index (χ3n) is 7.73. The quantitative estimate of drug-likeness (QED) is 0.189. The second-order valence-corrected chi connectivity index (χ2v) is 11.9. The van der Waals surface area contributed by atoms with Crippen LogP contribution in [0, 0.1) is 0 Å². The van der Waals surface area contributed by atoms with Crippen LogP contribution in [0.25, 0.3) is 22.0 Å². The number of nitrogens with one attached hydrogen (secondary N) is 1. The number of nitrogens with zero attached hydrogens (tertiary/aromatic N) is 2. The smallest absolute Gasteiger partial charge is 0.154 e. The molecule has 40 heavy (non-hydrogen) atoms. The van der Waals surface area contributed by atoms with E-state index in [1.54, 1.807) is 12.1 Å². The van der Waals surface area contributed by atoms with Crippen molar-refractivity contribution < 1.29 is 9.90 Å². The van der Waals surface area contributed by atoms with Gasteiger partial charge in [-0.15, -0.1) is 12.4 Å². The first-order valence-electron chi connectivity index (χ1n) is 13.5. The summed E-state index contributed by atoms with van der Waals surface area (Å²) in [6, 6.07) is 16.1. The number of aromatic hydroxyl groups is 1. The Kier molecular flexibility index (Phi) is 8.30. The largest absolute Gasteiger partial charge is 0.505 e. The van der Waals surface area contributed by atoms with Crippen LogP contribution in [0.4, 0.5) is 11.4 Å². The highest BCUT2D eigenvalue weighted by Crippen LogP contribution is 2.52. The van der Waals surface area contributed by atoms with E-state index in [2.05, 4.69) is 54.6 Å². The van der Waals surface area contributed by atoms with E-state index in [9.17, 15) is 9.90 Å². The van der Waals surface area contributed by atoms with Gasteiger partial charge in [0, 0.05) is 23.5 Å². The van der Waals surface area contributed by atoms with Gasteiger partial charge in [0.25, 0.3) is 0 Å². The summed E-state index contributed by atoms with van der Waals surface area (Å²) >= 11 is 12.7. The first-order valence-corrected chi connectivity index (χ1v) is 14.2. The topological polar surface area (TPSA) is 65.5 Å². The first kappa shape index (κ1) is 28.7. The van der Waals surface area contributed by atoms with Crippen LogP contribution in [0.5, 0.6) is 5.75 Å². The standard InChI is InChI=1S/C32H31Cl2N3O2.ClH/c1-37(2)14-13-18-3-9-22(10-4-18)35-31-24(17-38)30(20-7-8-20)36-27-12-11-23(28(29(27)31)19-5-6-19)21-15-25(33)32(39)26(34)16-21;/h3-4,9-12,15-17,19-20,39H,5-8,13-14H2,1-2H3,(H,35,36);1H. The van der Waals surface area contributed by atoms with Crippen molar-refractivity contribution in [3.8, 4) is 16.9 Å². The predicted octanol–water partition coefficient (Wildman–Crippen LogP) is 8.75. The molecule has 0 radical (unpaired) electrons. The normalized spacial score (nSPS) is 14.8. The van der Waals surface area contributed by atoms with Crippen LogP contribution in [0.15, 0.2) is 48.5 Å². The summed E-state index contributed by atoms with van der Waals surface area (Å²) in [7, 11) is 4.16. The van der Waals surface area contributed by atoms with Gasteiger partial charge >= 0.3 is 0 Å². The molecule has 2 aliphatic rings. The Bertz CT molecular complexity index is 1560. The molecule has 0 unspecified atom stereocenters. The lowest BCUT2D eigenvalue weighted by molar-refractivity contribution is 0.112. The van der Waals surface area contributed by atoms with Crippen molar-refractivity contribution in [2.75, 3.05) is 26.0 Å². The summed E-state index contributed by atoms with van der Waals surface area (Å²) in [6.07, 6.45) is 6.17. The van der Waals surface area contributed by atoms with Crippen molar-refractivity contribution in [3.05, 3.63) is 81.0 Å². The van der Waals surface area contributed by atoms with Crippen molar-refractivity contribution in [3.63, 3.8) is 0 Å². The molecular formula is C32H32Cl3N3O2. The zero-order chi connectivity index (χ0) is 27.3. The van der Waals surface area contributed by atoms with E-state index < -0.39 is 0 Å². The minimum absolute atomic E-state index is 0. The van der Waals surface area contributed by atoms with Crippen LogP contribution in [0.2, 0.25) is 10.0 Å². The summed E-state index contributed by atoms with van der Waals surface area (Å²) in [5, 5.41) is 15.2. The maximum atomic E-state index is 12.6. The number of aromatic nitrogens is 1. The van der Waals surface area contributed by atoms with Gasteiger partial charge < -0.3 is 15.3 Å². The molecular weight excluding hydrogens is 565 g/mol. The Labute approximate surface area is 250 Å². The number of phenols is 1. The van der Waals surface area contributed by atoms with Gasteiger partial charge in [0.15, 0.2) is 12.0 Å². The fraction of sp³-hybridized carbons (Fsp3) is 0.312. The highest BCUT2D eigenvalue weighted by atomic mass is 35.5. The monoisotopic (exact) mass is 595 g/mol. The lowest BCUT2D eigenvalue weighted by Gasteiger charge is -2.21. The predicted molar refractivity (Wildman–Crippen MR) is 167 cm³/mol. The number of benzene rings is 3. The molecule has 8 heteroatoms. The molecule has 0 spiro atoms. The zero-order valence-corrected chi connectivity index (χ0v) is 24.8. The number of phenolic OH excluding ortho intramolecular Hbond substituents is 1. The molecule has 3 aromatic carbocycles. The molecule has 208 valence electrons. The Morgan fingerprint density at radius 3 is 2.23 bits per heavy atom. The lowest BCUT2D eigenvalue weighted by atomic mass is 9.90. The minimum Gasteiger partial charge on any atom is -0.505 e. The van der Waals surface area contributed by atoms with Crippen LogP contribution in [0.3, 0.4) is 0 Å². The maximum Gasteiger partial charge on any atom is 0.154 e. The number of halogens is 3. The van der Waals surface area contributed by atoms with Crippen molar-refractivity contribution in [1.29, 1.82) is 0 Å². The highest BCUT2D eigenvalue weighted by molar-refractivity contribution is 6.37. The van der Waals surface area contributed by atoms with Gasteiger partial charge in [-0.2, -0.15) is 0 Å². The summed E-state index contributed by atoms with van der Waals surface area (Å²) < 4.78 is 0. The Hall–Kier alpha value is -2.83. The number of aldehydes is 1. The average Bonchev–Trinajstić information content (AvgIpc) is 3.84. The van der Waals surface area contributed by atoms with E-state index in [1.165, 1.54) is 5.56 Å². The van der Waals surface area contributed by atoms with Gasteiger partial charge in [-0.1, -0.05) is 41.4 Å². The molecule has 0 aliphatic heterocycles. The van der Waals surface area contributed by atoms with Crippen molar-refractivity contribution in [2.45, 2.75) is 43.9 Å². The van der Waals surface area contributed by atoms with E-state index in [4.69, 9.17) is 28.2 Å². The molecule has 5 nitrogen and oxygen atoms in total. The average molecular weight is 597 g/mol. The van der Waals surface area contributed by atoms with Crippen LogP contribution in [-0.2, 0) is 6.42 Å². The SMILES string of the molecule is CN(C)CCc1ccc(Nc2c(C=O)c(C3CC3)nc3ccc(-c4cc(Cl)c(O)c(Cl)c4)c(C4CC4)c23)cc1.Cl. The van der Waals surface area contributed by atoms with E-state index in [-0.39, 0.29) is 28.2 Å². The van der Waals surface area contributed by atoms with Gasteiger partial charge in [0.2, 0.25) is 0 Å². The number of carbonyl (C=O) groups excluding carboxylic acids is 1. The van der Waals surface area contributed by atoms with Crippen molar-refractivity contribution >= 4 is 64.2 Å². The highest BCUT2D eigenvalue weighted by Gasteiger charge is 2.34. The minimum atomic E-state index is -0.119. The second kappa shape index (κ2) is 11.6. The molecule has 1 heterocycles. The zero-order valence-electron chi connectivity index (χ0n) is 22.5. The third-order valence-corrected chi connectivity index (χ3v) is 8.30. The molecule has 2 fully saturated rings. The number of hydrogen-bond acceptors (Lipinski definition) is 5. The molecule has 1 aromatic heterocycles. The summed E-state index contributed by atoms with van der Waals surface area (Å²) in [5.41, 5.74) is 8.40. The van der Waals surface area contributed by atoms with Gasteiger partial charge in [-0.3, -0.25) is 9.78 Å². The second-order valence-electron chi connectivity index (χ2n) is 11.0. The van der Waals surface area contributed by atoms with Crippen LogP contribution in [-0.4, -0.2) is 41.9 Å². The fourth-order valence-corrected chi connectivity index (χ4v) is 5.84. The molecule has 6 rings (SSSR count). The van der Waals surface area contributed by atoms with E-state index in [0.29, 0.717) is 17.4 Å². The third kappa shape index (κ3) is 5.66. The molecule has 2 N–H and O–H groups in total. The first-order chi connectivity index (χ1) is 18.8.